The number of hydrogen-bond donors (Lipinski definition) is 0. The molecule has 9 heteroatoms. The van der Waals surface area contributed by atoms with Crippen molar-refractivity contribution in [1.82, 2.24) is 4.31 Å². The lowest BCUT2D eigenvalue weighted by Gasteiger charge is -2.31. The Balaban J connectivity index is 2.00. The van der Waals surface area contributed by atoms with Gasteiger partial charge in [0.1, 0.15) is 16.1 Å². The lowest BCUT2D eigenvalue weighted by molar-refractivity contribution is -0.122. The van der Waals surface area contributed by atoms with Crippen molar-refractivity contribution in [3.63, 3.8) is 0 Å². The summed E-state index contributed by atoms with van der Waals surface area (Å²) < 4.78 is 40.7. The number of rotatable bonds is 6. The molecule has 3 rings (SSSR count). The smallest absolute Gasteiger partial charge is 0.253 e. The zero-order valence-electron chi connectivity index (χ0n) is 14.8. The van der Waals surface area contributed by atoms with Gasteiger partial charge in [0.2, 0.25) is 5.91 Å². The van der Waals surface area contributed by atoms with Crippen LogP contribution in [0.25, 0.3) is 0 Å². The molecule has 1 aromatic carbocycles. The van der Waals surface area contributed by atoms with Gasteiger partial charge in [0.25, 0.3) is 15.9 Å². The normalized spacial score (nSPS) is 19.1. The Labute approximate surface area is 161 Å². The van der Waals surface area contributed by atoms with E-state index < -0.39 is 39.7 Å². The molecule has 1 aromatic heterocycles. The van der Waals surface area contributed by atoms with Crippen LogP contribution in [0.5, 0.6) is 0 Å². The monoisotopic (exact) mass is 410 g/mol. The minimum Gasteiger partial charge on any atom is -0.274 e. The number of benzene rings is 1. The molecule has 2 heterocycles. The van der Waals surface area contributed by atoms with E-state index in [1.54, 1.807) is 18.4 Å². The van der Waals surface area contributed by atoms with Crippen LogP contribution < -0.4 is 4.90 Å². The highest BCUT2D eigenvalue weighted by molar-refractivity contribution is 7.91. The van der Waals surface area contributed by atoms with Gasteiger partial charge >= 0.3 is 0 Å². The van der Waals surface area contributed by atoms with E-state index in [2.05, 4.69) is 0 Å². The predicted molar refractivity (Wildman–Crippen MR) is 100 cm³/mol. The maximum absolute atomic E-state index is 13.2. The number of thiophene rings is 1. The zero-order valence-corrected chi connectivity index (χ0v) is 16.5. The summed E-state index contributed by atoms with van der Waals surface area (Å²) >= 11 is 1.06. The minimum absolute atomic E-state index is 0.128. The summed E-state index contributed by atoms with van der Waals surface area (Å²) in [6.07, 6.45) is 0.240. The van der Waals surface area contributed by atoms with Crippen molar-refractivity contribution >= 4 is 38.9 Å². The van der Waals surface area contributed by atoms with Crippen LogP contribution >= 0.6 is 11.3 Å². The van der Waals surface area contributed by atoms with E-state index >= 15 is 0 Å². The fourth-order valence-corrected chi connectivity index (χ4v) is 6.02. The van der Waals surface area contributed by atoms with Crippen LogP contribution in [-0.2, 0) is 19.6 Å². The van der Waals surface area contributed by atoms with Gasteiger partial charge in [-0.05, 0) is 49.1 Å². The van der Waals surface area contributed by atoms with E-state index in [1.165, 1.54) is 18.2 Å². The van der Waals surface area contributed by atoms with Gasteiger partial charge in [-0.25, -0.2) is 17.7 Å². The van der Waals surface area contributed by atoms with Crippen molar-refractivity contribution in [2.24, 2.45) is 0 Å². The summed E-state index contributed by atoms with van der Waals surface area (Å²) in [5.41, 5.74) is 0.228. The molecular formula is C18H19FN2O4S2. The Morgan fingerprint density at radius 2 is 1.93 bits per heavy atom. The van der Waals surface area contributed by atoms with Crippen molar-refractivity contribution in [1.29, 1.82) is 0 Å². The maximum Gasteiger partial charge on any atom is 0.253 e. The average Bonchev–Trinajstić information content (AvgIpc) is 3.26. The molecule has 1 aliphatic rings. The molecule has 2 amide bonds. The van der Waals surface area contributed by atoms with Crippen molar-refractivity contribution in [3.05, 3.63) is 47.6 Å². The molecule has 1 aliphatic heterocycles. The van der Waals surface area contributed by atoms with Gasteiger partial charge in [-0.1, -0.05) is 13.0 Å². The first-order valence-electron chi connectivity index (χ1n) is 8.46. The molecule has 2 unspecified atom stereocenters. The molecule has 0 aliphatic carbocycles. The summed E-state index contributed by atoms with van der Waals surface area (Å²) in [4.78, 5) is 26.4. The molecule has 0 radical (unpaired) electrons. The van der Waals surface area contributed by atoms with Crippen LogP contribution in [0.4, 0.5) is 10.1 Å². The number of hydrogen-bond acceptors (Lipinski definition) is 5. The third-order valence-corrected chi connectivity index (χ3v) is 7.96. The van der Waals surface area contributed by atoms with E-state index in [0.29, 0.717) is 6.42 Å². The van der Waals surface area contributed by atoms with E-state index in [0.717, 1.165) is 32.7 Å². The number of halogens is 1. The summed E-state index contributed by atoms with van der Waals surface area (Å²) in [5, 5.41) is 1.65. The number of imide groups is 1. The number of amides is 2. The first-order chi connectivity index (χ1) is 12.8. The van der Waals surface area contributed by atoms with Crippen molar-refractivity contribution in [2.75, 3.05) is 4.90 Å². The van der Waals surface area contributed by atoms with E-state index in [1.807, 2.05) is 6.92 Å². The second kappa shape index (κ2) is 7.49. The Bertz CT molecular complexity index is 942. The highest BCUT2D eigenvalue weighted by Gasteiger charge is 2.48. The summed E-state index contributed by atoms with van der Waals surface area (Å²) in [6, 6.07) is 6.48. The van der Waals surface area contributed by atoms with E-state index in [-0.39, 0.29) is 16.3 Å². The standard InChI is InChI=1S/C18H19FN2O4S2/c1-3-12(2)21(27(24,25)17-5-4-10-26-17)15-11-16(22)20(18(15)23)14-8-6-13(19)7-9-14/h4-10,12,15H,3,11H2,1-2H3. The van der Waals surface area contributed by atoms with Gasteiger partial charge in [-0.3, -0.25) is 9.59 Å². The van der Waals surface area contributed by atoms with Gasteiger partial charge in [0.15, 0.2) is 0 Å². The molecular weight excluding hydrogens is 391 g/mol. The summed E-state index contributed by atoms with van der Waals surface area (Å²) in [7, 11) is -3.93. The highest BCUT2D eigenvalue weighted by atomic mass is 32.2. The first-order valence-corrected chi connectivity index (χ1v) is 10.8. The van der Waals surface area contributed by atoms with Crippen LogP contribution in [0.3, 0.4) is 0 Å². The van der Waals surface area contributed by atoms with E-state index in [4.69, 9.17) is 0 Å². The quantitative estimate of drug-likeness (QED) is 0.686. The van der Waals surface area contributed by atoms with Gasteiger partial charge in [0.05, 0.1) is 12.1 Å². The molecule has 27 heavy (non-hydrogen) atoms. The number of carbonyl (C=O) groups excluding carboxylic acids is 2. The summed E-state index contributed by atoms with van der Waals surface area (Å²) in [6.45, 7) is 3.53. The number of anilines is 1. The SMILES string of the molecule is CCC(C)N(C1CC(=O)N(c2ccc(F)cc2)C1=O)S(=O)(=O)c1cccs1. The maximum atomic E-state index is 13.2. The molecule has 1 saturated heterocycles. The Morgan fingerprint density at radius 3 is 2.48 bits per heavy atom. The van der Waals surface area contributed by atoms with Gasteiger partial charge in [-0.2, -0.15) is 4.31 Å². The minimum atomic E-state index is -3.93. The van der Waals surface area contributed by atoms with Crippen LogP contribution in [-0.4, -0.2) is 36.6 Å². The number of carbonyl (C=O) groups is 2. The van der Waals surface area contributed by atoms with Crippen LogP contribution in [0, 0.1) is 5.82 Å². The molecule has 2 aromatic rings. The molecule has 6 nitrogen and oxygen atoms in total. The van der Waals surface area contributed by atoms with Crippen LogP contribution in [0.1, 0.15) is 26.7 Å². The van der Waals surface area contributed by atoms with Crippen molar-refractivity contribution in [3.8, 4) is 0 Å². The van der Waals surface area contributed by atoms with E-state index in [9.17, 15) is 22.4 Å². The highest BCUT2D eigenvalue weighted by Crippen LogP contribution is 2.32. The fraction of sp³-hybridized carbons (Fsp3) is 0.333. The third kappa shape index (κ3) is 3.54. The van der Waals surface area contributed by atoms with Gasteiger partial charge < -0.3 is 0 Å². The molecule has 0 spiro atoms. The third-order valence-electron chi connectivity index (χ3n) is 4.57. The second-order valence-electron chi connectivity index (χ2n) is 6.29. The Hall–Kier alpha value is -2.10. The lowest BCUT2D eigenvalue weighted by Crippen LogP contribution is -2.49. The average molecular weight is 410 g/mol. The summed E-state index contributed by atoms with van der Waals surface area (Å²) in [5.74, 6) is -1.62. The number of sulfonamides is 1. The molecule has 1 fully saturated rings. The molecule has 2 atom stereocenters. The molecule has 0 saturated carbocycles. The second-order valence-corrected chi connectivity index (χ2v) is 9.31. The van der Waals surface area contributed by atoms with Gasteiger partial charge in [-0.15, -0.1) is 11.3 Å². The van der Waals surface area contributed by atoms with Gasteiger partial charge in [0, 0.05) is 6.04 Å². The predicted octanol–water partition coefficient (Wildman–Crippen LogP) is 3.01. The Kier molecular flexibility index (Phi) is 5.45. The van der Waals surface area contributed by atoms with Crippen molar-refractivity contribution in [2.45, 2.75) is 43.0 Å². The first kappa shape index (κ1) is 19.7. The van der Waals surface area contributed by atoms with Crippen LogP contribution in [0.15, 0.2) is 46.0 Å². The number of nitrogens with zero attached hydrogens (tertiary/aromatic N) is 2. The zero-order chi connectivity index (χ0) is 19.8. The molecule has 0 N–H and O–H groups in total. The van der Waals surface area contributed by atoms with Crippen LogP contribution in [0.2, 0.25) is 0 Å². The largest absolute Gasteiger partial charge is 0.274 e. The molecule has 0 bridgehead atoms. The van der Waals surface area contributed by atoms with Crippen molar-refractivity contribution < 1.29 is 22.4 Å². The topological polar surface area (TPSA) is 74.8 Å². The molecule has 144 valence electrons. The lowest BCUT2D eigenvalue weighted by atomic mass is 10.2. The fourth-order valence-electron chi connectivity index (χ4n) is 3.08. The Morgan fingerprint density at radius 1 is 1.26 bits per heavy atom.